The minimum absolute atomic E-state index is 0.00563. The van der Waals surface area contributed by atoms with Gasteiger partial charge >= 0.3 is 12.2 Å². The number of primary amides is 1. The van der Waals surface area contributed by atoms with Crippen LogP contribution >= 0.6 is 0 Å². The van der Waals surface area contributed by atoms with E-state index in [1.54, 1.807) is 0 Å². The molecule has 154 valence electrons. The van der Waals surface area contributed by atoms with Gasteiger partial charge in [0.15, 0.2) is 0 Å². The van der Waals surface area contributed by atoms with E-state index in [4.69, 9.17) is 5.73 Å². The van der Waals surface area contributed by atoms with E-state index in [1.165, 1.54) is 13.0 Å². The van der Waals surface area contributed by atoms with E-state index in [1.807, 2.05) is 0 Å². The first-order chi connectivity index (χ1) is 13.5. The molecule has 0 fully saturated rings. The quantitative estimate of drug-likeness (QED) is 0.754. The minimum Gasteiger partial charge on any atom is -0.352 e. The molecule has 10 heteroatoms. The van der Waals surface area contributed by atoms with E-state index in [0.717, 1.165) is 17.0 Å². The van der Waals surface area contributed by atoms with Gasteiger partial charge in [-0.3, -0.25) is 4.79 Å². The van der Waals surface area contributed by atoms with E-state index >= 15 is 0 Å². The summed E-state index contributed by atoms with van der Waals surface area (Å²) >= 11 is 0. The molecule has 3 amide bonds. The van der Waals surface area contributed by atoms with Crippen LogP contribution in [0.5, 0.6) is 0 Å². The fraction of sp³-hybridized carbons (Fsp3) is 0.263. The van der Waals surface area contributed by atoms with Crippen molar-refractivity contribution in [3.05, 3.63) is 64.7 Å². The second-order valence-corrected chi connectivity index (χ2v) is 6.66. The van der Waals surface area contributed by atoms with Crippen molar-refractivity contribution in [2.45, 2.75) is 31.6 Å². The highest BCUT2D eigenvalue weighted by Gasteiger charge is 2.38. The first-order valence-corrected chi connectivity index (χ1v) is 8.53. The van der Waals surface area contributed by atoms with Crippen molar-refractivity contribution < 1.29 is 31.5 Å². The van der Waals surface area contributed by atoms with E-state index in [-0.39, 0.29) is 12.1 Å². The van der Waals surface area contributed by atoms with Gasteiger partial charge in [0, 0.05) is 12.0 Å². The van der Waals surface area contributed by atoms with Crippen molar-refractivity contribution in [1.82, 2.24) is 5.32 Å². The third-order valence-electron chi connectivity index (χ3n) is 4.74. The molecule has 1 aliphatic rings. The number of nitrogens with two attached hydrogens (primary N) is 1. The Balaban J connectivity index is 2.11. The van der Waals surface area contributed by atoms with E-state index < -0.39 is 53.0 Å². The maximum Gasteiger partial charge on any atom is 0.416 e. The second-order valence-electron chi connectivity index (χ2n) is 6.66. The number of nitrogens with one attached hydrogen (secondary N) is 1. The van der Waals surface area contributed by atoms with Crippen LogP contribution in [0, 0.1) is 11.6 Å². The lowest BCUT2D eigenvalue weighted by molar-refractivity contribution is -0.137. The standard InChI is InChI=1S/C19H16F5N3O2/c1-9(13-7-11(19(22,23)24)3-5-14(13)21)27-16-8-12(20)4-2-10(16)6-15(17(27)28)26-18(25)29/h2-5,7-9,15H,6H2,1H3,(H3,25,26,29)/t9?,15-/m1/s1. The zero-order valence-corrected chi connectivity index (χ0v) is 15.1. The molecule has 0 aliphatic carbocycles. The molecular weight excluding hydrogens is 397 g/mol. The lowest BCUT2D eigenvalue weighted by Gasteiger charge is -2.38. The number of hydrogen-bond donors (Lipinski definition) is 2. The molecule has 3 rings (SSSR count). The Morgan fingerprint density at radius 1 is 1.21 bits per heavy atom. The average molecular weight is 413 g/mol. The number of halogens is 5. The van der Waals surface area contributed by atoms with Crippen LogP contribution in [0.2, 0.25) is 0 Å². The van der Waals surface area contributed by atoms with Crippen molar-refractivity contribution in [2.75, 3.05) is 4.90 Å². The average Bonchev–Trinajstić information content (AvgIpc) is 2.61. The number of carbonyl (C=O) groups excluding carboxylic acids is 2. The molecule has 0 saturated heterocycles. The van der Waals surface area contributed by atoms with E-state index in [9.17, 15) is 31.5 Å². The molecule has 5 nitrogen and oxygen atoms in total. The molecule has 3 N–H and O–H groups in total. The van der Waals surface area contributed by atoms with Crippen LogP contribution in [0.25, 0.3) is 0 Å². The number of carbonyl (C=O) groups is 2. The third-order valence-corrected chi connectivity index (χ3v) is 4.74. The summed E-state index contributed by atoms with van der Waals surface area (Å²) in [6, 6.07) is 2.10. The van der Waals surface area contributed by atoms with Gasteiger partial charge in [-0.05, 0) is 42.8 Å². The van der Waals surface area contributed by atoms with Crippen LogP contribution in [-0.4, -0.2) is 18.0 Å². The number of benzene rings is 2. The first kappa shape index (κ1) is 20.6. The summed E-state index contributed by atoms with van der Waals surface area (Å²) in [5, 5.41) is 2.25. The van der Waals surface area contributed by atoms with Crippen molar-refractivity contribution in [3.8, 4) is 0 Å². The predicted molar refractivity (Wildman–Crippen MR) is 93.9 cm³/mol. The number of urea groups is 1. The van der Waals surface area contributed by atoms with Gasteiger partial charge in [0.25, 0.3) is 5.91 Å². The van der Waals surface area contributed by atoms with Gasteiger partial charge < -0.3 is 16.0 Å². The molecule has 1 aliphatic heterocycles. The van der Waals surface area contributed by atoms with E-state index in [2.05, 4.69) is 5.32 Å². The molecule has 2 aromatic carbocycles. The van der Waals surface area contributed by atoms with Gasteiger partial charge in [0.05, 0.1) is 17.3 Å². The zero-order valence-electron chi connectivity index (χ0n) is 15.1. The normalized spacial score (nSPS) is 17.7. The number of amides is 3. The van der Waals surface area contributed by atoms with Crippen molar-refractivity contribution in [1.29, 1.82) is 0 Å². The Morgan fingerprint density at radius 3 is 2.52 bits per heavy atom. The van der Waals surface area contributed by atoms with Crippen LogP contribution < -0.4 is 16.0 Å². The lowest BCUT2D eigenvalue weighted by atomic mass is 9.93. The van der Waals surface area contributed by atoms with Gasteiger partial charge in [0.1, 0.15) is 17.7 Å². The fourth-order valence-corrected chi connectivity index (χ4v) is 3.39. The highest BCUT2D eigenvalue weighted by atomic mass is 19.4. The number of nitrogens with zero attached hydrogens (tertiary/aromatic N) is 1. The molecule has 0 saturated carbocycles. The first-order valence-electron chi connectivity index (χ1n) is 8.53. The monoisotopic (exact) mass is 413 g/mol. The highest BCUT2D eigenvalue weighted by Crippen LogP contribution is 2.38. The number of rotatable bonds is 3. The molecule has 29 heavy (non-hydrogen) atoms. The molecule has 0 aromatic heterocycles. The summed E-state index contributed by atoms with van der Waals surface area (Å²) in [7, 11) is 0. The Kier molecular flexibility index (Phi) is 5.20. The second kappa shape index (κ2) is 7.34. The summed E-state index contributed by atoms with van der Waals surface area (Å²) in [4.78, 5) is 25.1. The SMILES string of the molecule is CC(c1cc(C(F)(F)F)ccc1F)N1C(=O)[C@H](NC(N)=O)Cc2ccc(F)cc21. The molecule has 0 radical (unpaired) electrons. The van der Waals surface area contributed by atoms with Crippen LogP contribution in [0.4, 0.5) is 32.4 Å². The van der Waals surface area contributed by atoms with Gasteiger partial charge in [-0.2, -0.15) is 13.2 Å². The molecular formula is C19H16F5N3O2. The number of fused-ring (bicyclic) bond motifs is 1. The van der Waals surface area contributed by atoms with Gasteiger partial charge in [-0.15, -0.1) is 0 Å². The number of alkyl halides is 3. The van der Waals surface area contributed by atoms with Gasteiger partial charge in [-0.25, -0.2) is 13.6 Å². The van der Waals surface area contributed by atoms with E-state index in [0.29, 0.717) is 23.8 Å². The Hall–Kier alpha value is -3.17. The summed E-state index contributed by atoms with van der Waals surface area (Å²) in [6.45, 7) is 1.32. The highest BCUT2D eigenvalue weighted by molar-refractivity contribution is 6.02. The van der Waals surface area contributed by atoms with Crippen LogP contribution in [0.15, 0.2) is 36.4 Å². The minimum atomic E-state index is -4.71. The van der Waals surface area contributed by atoms with Crippen molar-refractivity contribution >= 4 is 17.6 Å². The van der Waals surface area contributed by atoms with Gasteiger partial charge in [-0.1, -0.05) is 6.07 Å². The maximum absolute atomic E-state index is 14.4. The summed E-state index contributed by atoms with van der Waals surface area (Å²) in [6.07, 6.45) is -4.71. The zero-order chi connectivity index (χ0) is 21.5. The smallest absolute Gasteiger partial charge is 0.352 e. The van der Waals surface area contributed by atoms with Crippen LogP contribution in [-0.2, 0) is 17.4 Å². The maximum atomic E-state index is 14.4. The molecule has 2 aromatic rings. The largest absolute Gasteiger partial charge is 0.416 e. The fourth-order valence-electron chi connectivity index (χ4n) is 3.39. The Bertz CT molecular complexity index is 977. The van der Waals surface area contributed by atoms with Crippen molar-refractivity contribution in [2.24, 2.45) is 5.73 Å². The Morgan fingerprint density at radius 2 is 1.90 bits per heavy atom. The van der Waals surface area contributed by atoms with Gasteiger partial charge in [0.2, 0.25) is 0 Å². The number of hydrogen-bond acceptors (Lipinski definition) is 2. The summed E-state index contributed by atoms with van der Waals surface area (Å²) < 4.78 is 67.4. The molecule has 0 spiro atoms. The molecule has 2 atom stereocenters. The summed E-state index contributed by atoms with van der Waals surface area (Å²) in [5.41, 5.74) is 4.14. The number of anilines is 1. The van der Waals surface area contributed by atoms with Crippen LogP contribution in [0.1, 0.15) is 29.7 Å². The predicted octanol–water partition coefficient (Wildman–Crippen LogP) is 3.67. The molecule has 0 bridgehead atoms. The topological polar surface area (TPSA) is 75.4 Å². The van der Waals surface area contributed by atoms with Crippen molar-refractivity contribution in [3.63, 3.8) is 0 Å². The summed E-state index contributed by atoms with van der Waals surface area (Å²) in [5.74, 6) is -2.38. The third kappa shape index (κ3) is 4.01. The van der Waals surface area contributed by atoms with Crippen LogP contribution in [0.3, 0.4) is 0 Å². The Labute approximate surface area is 162 Å². The molecule has 1 heterocycles. The molecule has 1 unspecified atom stereocenters. The lowest BCUT2D eigenvalue weighted by Crippen LogP contribution is -2.54.